The molecule has 5 rings (SSSR count). The fourth-order valence-electron chi connectivity index (χ4n) is 4.25. The van der Waals surface area contributed by atoms with Gasteiger partial charge >= 0.3 is 0 Å². The number of piperazine rings is 1. The van der Waals surface area contributed by atoms with E-state index >= 15 is 0 Å². The first-order valence-corrected chi connectivity index (χ1v) is 11.6. The fraction of sp³-hybridized carbons (Fsp3) is 0.185. The molecule has 0 bridgehead atoms. The Hall–Kier alpha value is -3.77. The monoisotopic (exact) mass is 472 g/mol. The molecule has 1 amide bonds. The first kappa shape index (κ1) is 22.0. The first-order chi connectivity index (χ1) is 16.6. The molecule has 6 nitrogen and oxygen atoms in total. The molecule has 2 heterocycles. The second kappa shape index (κ2) is 9.61. The summed E-state index contributed by atoms with van der Waals surface area (Å²) in [6.45, 7) is 3.47. The van der Waals surface area contributed by atoms with Crippen molar-refractivity contribution in [2.75, 3.05) is 48.4 Å². The number of hydrogen-bond acceptors (Lipinski definition) is 5. The number of carbonyl (C=O) groups is 1. The van der Waals surface area contributed by atoms with Crippen LogP contribution in [0.5, 0.6) is 5.75 Å². The summed E-state index contributed by atoms with van der Waals surface area (Å²) >= 11 is 5.95. The highest BCUT2D eigenvalue weighted by Gasteiger charge is 2.20. The standard InChI is InChI=1S/C27H25ClN4O2/c1-34-24-10-8-23(9-11-24)31-14-16-32(17-15-31)26-25-18-20(3-2-19(25)12-13-29-26)27(33)30-22-6-4-21(28)5-7-22/h2-13,18H,14-17H2,1H3,(H,30,33). The molecule has 3 aromatic carbocycles. The number of ether oxygens (including phenoxy) is 1. The Morgan fingerprint density at radius 3 is 2.32 bits per heavy atom. The van der Waals surface area contributed by atoms with Crippen LogP contribution >= 0.6 is 11.6 Å². The van der Waals surface area contributed by atoms with Crippen LogP contribution < -0.4 is 19.9 Å². The molecule has 1 N–H and O–H groups in total. The summed E-state index contributed by atoms with van der Waals surface area (Å²) in [6.07, 6.45) is 1.83. The van der Waals surface area contributed by atoms with Gasteiger partial charge in [0.25, 0.3) is 5.91 Å². The summed E-state index contributed by atoms with van der Waals surface area (Å²) in [5.41, 5.74) is 2.48. The van der Waals surface area contributed by atoms with Gasteiger partial charge in [-0.15, -0.1) is 0 Å². The van der Waals surface area contributed by atoms with Crippen molar-refractivity contribution >= 4 is 45.5 Å². The minimum atomic E-state index is -0.164. The zero-order chi connectivity index (χ0) is 23.5. The van der Waals surface area contributed by atoms with E-state index in [-0.39, 0.29) is 5.91 Å². The van der Waals surface area contributed by atoms with Gasteiger partial charge in [-0.05, 0) is 72.1 Å². The summed E-state index contributed by atoms with van der Waals surface area (Å²) in [4.78, 5) is 22.2. The number of nitrogens with one attached hydrogen (secondary N) is 1. The minimum Gasteiger partial charge on any atom is -0.497 e. The number of pyridine rings is 1. The lowest BCUT2D eigenvalue weighted by Gasteiger charge is -2.37. The lowest BCUT2D eigenvalue weighted by Crippen LogP contribution is -2.46. The second-order valence-corrected chi connectivity index (χ2v) is 8.64. The van der Waals surface area contributed by atoms with Gasteiger partial charge in [-0.2, -0.15) is 0 Å². The van der Waals surface area contributed by atoms with E-state index in [0.717, 1.165) is 48.5 Å². The predicted molar refractivity (Wildman–Crippen MR) is 139 cm³/mol. The summed E-state index contributed by atoms with van der Waals surface area (Å²) in [5, 5.41) is 5.60. The largest absolute Gasteiger partial charge is 0.497 e. The maximum absolute atomic E-state index is 12.9. The Balaban J connectivity index is 1.34. The lowest BCUT2D eigenvalue weighted by molar-refractivity contribution is 0.102. The molecule has 0 radical (unpaired) electrons. The number of benzene rings is 3. The van der Waals surface area contributed by atoms with E-state index in [0.29, 0.717) is 16.3 Å². The van der Waals surface area contributed by atoms with Crippen LogP contribution in [0.3, 0.4) is 0 Å². The van der Waals surface area contributed by atoms with Crippen molar-refractivity contribution in [2.24, 2.45) is 0 Å². The number of aromatic nitrogens is 1. The zero-order valence-corrected chi connectivity index (χ0v) is 19.6. The Morgan fingerprint density at radius 1 is 0.912 bits per heavy atom. The highest BCUT2D eigenvalue weighted by atomic mass is 35.5. The highest BCUT2D eigenvalue weighted by Crippen LogP contribution is 2.28. The molecule has 1 aliphatic rings. The molecule has 0 saturated carbocycles. The van der Waals surface area contributed by atoms with Crippen LogP contribution in [0, 0.1) is 0 Å². The van der Waals surface area contributed by atoms with Crippen LogP contribution in [0.1, 0.15) is 10.4 Å². The highest BCUT2D eigenvalue weighted by molar-refractivity contribution is 6.30. The van der Waals surface area contributed by atoms with Crippen LogP contribution in [-0.2, 0) is 0 Å². The molecule has 1 fully saturated rings. The van der Waals surface area contributed by atoms with Crippen molar-refractivity contribution < 1.29 is 9.53 Å². The van der Waals surface area contributed by atoms with Gasteiger partial charge in [0, 0.05) is 59.7 Å². The van der Waals surface area contributed by atoms with E-state index < -0.39 is 0 Å². The molecule has 4 aromatic rings. The molecule has 1 saturated heterocycles. The Bertz CT molecular complexity index is 1300. The van der Waals surface area contributed by atoms with Gasteiger partial charge < -0.3 is 19.9 Å². The normalized spacial score (nSPS) is 13.7. The Morgan fingerprint density at radius 2 is 1.62 bits per heavy atom. The van der Waals surface area contributed by atoms with E-state index in [9.17, 15) is 4.79 Å². The fourth-order valence-corrected chi connectivity index (χ4v) is 4.38. The van der Waals surface area contributed by atoms with Crippen molar-refractivity contribution in [3.63, 3.8) is 0 Å². The van der Waals surface area contributed by atoms with Gasteiger partial charge in [0.05, 0.1) is 7.11 Å². The number of rotatable bonds is 5. The number of hydrogen-bond donors (Lipinski definition) is 1. The second-order valence-electron chi connectivity index (χ2n) is 8.20. The number of halogens is 1. The van der Waals surface area contributed by atoms with Gasteiger partial charge in [0.2, 0.25) is 0 Å². The number of carbonyl (C=O) groups excluding carboxylic acids is 1. The maximum Gasteiger partial charge on any atom is 0.255 e. The molecule has 0 atom stereocenters. The molecular formula is C27H25ClN4O2. The number of fused-ring (bicyclic) bond motifs is 1. The van der Waals surface area contributed by atoms with Gasteiger partial charge in [-0.25, -0.2) is 4.98 Å². The van der Waals surface area contributed by atoms with Crippen molar-refractivity contribution in [3.8, 4) is 5.75 Å². The third kappa shape index (κ3) is 4.63. The Kier molecular flexibility index (Phi) is 6.23. The summed E-state index contributed by atoms with van der Waals surface area (Å²) in [5.74, 6) is 1.61. The van der Waals surface area contributed by atoms with E-state index in [1.54, 1.807) is 31.4 Å². The minimum absolute atomic E-state index is 0.164. The molecule has 1 aromatic heterocycles. The van der Waals surface area contributed by atoms with Crippen molar-refractivity contribution in [1.82, 2.24) is 4.98 Å². The van der Waals surface area contributed by atoms with Crippen molar-refractivity contribution in [3.05, 3.63) is 89.6 Å². The summed E-state index contributed by atoms with van der Waals surface area (Å²) in [7, 11) is 1.68. The summed E-state index contributed by atoms with van der Waals surface area (Å²) < 4.78 is 5.27. The quantitative estimate of drug-likeness (QED) is 0.417. The van der Waals surface area contributed by atoms with Crippen LogP contribution in [0.25, 0.3) is 10.8 Å². The average Bonchev–Trinajstić information content (AvgIpc) is 2.89. The van der Waals surface area contributed by atoms with E-state index in [1.807, 2.05) is 42.6 Å². The zero-order valence-electron chi connectivity index (χ0n) is 18.9. The van der Waals surface area contributed by atoms with E-state index in [2.05, 4.69) is 32.2 Å². The molecule has 0 aliphatic carbocycles. The molecule has 0 unspecified atom stereocenters. The van der Waals surface area contributed by atoms with Crippen LogP contribution in [-0.4, -0.2) is 44.2 Å². The van der Waals surface area contributed by atoms with Gasteiger partial charge in [-0.3, -0.25) is 4.79 Å². The van der Waals surface area contributed by atoms with E-state index in [1.165, 1.54) is 5.69 Å². The molecule has 0 spiro atoms. The third-order valence-electron chi connectivity index (χ3n) is 6.13. The smallest absolute Gasteiger partial charge is 0.255 e. The SMILES string of the molecule is COc1ccc(N2CCN(c3nccc4ccc(C(=O)Nc5ccc(Cl)cc5)cc34)CC2)cc1. The number of amides is 1. The van der Waals surface area contributed by atoms with Crippen LogP contribution in [0.15, 0.2) is 79.0 Å². The Labute approximate surface area is 203 Å². The number of nitrogens with zero attached hydrogens (tertiary/aromatic N) is 3. The van der Waals surface area contributed by atoms with Gasteiger partial charge in [-0.1, -0.05) is 17.7 Å². The predicted octanol–water partition coefficient (Wildman–Crippen LogP) is 5.48. The topological polar surface area (TPSA) is 57.7 Å². The summed E-state index contributed by atoms with van der Waals surface area (Å²) in [6, 6.07) is 23.0. The van der Waals surface area contributed by atoms with Crippen molar-refractivity contribution in [1.29, 1.82) is 0 Å². The number of methoxy groups -OCH3 is 1. The van der Waals surface area contributed by atoms with Crippen LogP contribution in [0.4, 0.5) is 17.2 Å². The maximum atomic E-state index is 12.9. The van der Waals surface area contributed by atoms with E-state index in [4.69, 9.17) is 16.3 Å². The van der Waals surface area contributed by atoms with Gasteiger partial charge in [0.1, 0.15) is 11.6 Å². The van der Waals surface area contributed by atoms with Gasteiger partial charge in [0.15, 0.2) is 0 Å². The molecule has 172 valence electrons. The lowest BCUT2D eigenvalue weighted by atomic mass is 10.1. The number of anilines is 3. The van der Waals surface area contributed by atoms with Crippen molar-refractivity contribution in [2.45, 2.75) is 0 Å². The average molecular weight is 473 g/mol. The molecule has 34 heavy (non-hydrogen) atoms. The van der Waals surface area contributed by atoms with Crippen LogP contribution in [0.2, 0.25) is 5.02 Å². The molecular weight excluding hydrogens is 448 g/mol. The third-order valence-corrected chi connectivity index (χ3v) is 6.38. The molecule has 1 aliphatic heterocycles. The molecule has 7 heteroatoms. The first-order valence-electron chi connectivity index (χ1n) is 11.2.